The van der Waals surface area contributed by atoms with Crippen LogP contribution in [0.2, 0.25) is 0 Å². The molecule has 0 radical (unpaired) electrons. The molecule has 2 amide bonds. The summed E-state index contributed by atoms with van der Waals surface area (Å²) < 4.78 is 20.7. The van der Waals surface area contributed by atoms with E-state index < -0.39 is 0 Å². The van der Waals surface area contributed by atoms with Crippen molar-refractivity contribution in [1.29, 1.82) is 0 Å². The van der Waals surface area contributed by atoms with Crippen molar-refractivity contribution < 1.29 is 33.3 Å². The zero-order valence-electron chi connectivity index (χ0n) is 23.2. The molecule has 0 aromatic heterocycles. The Morgan fingerprint density at radius 3 is 2.42 bits per heavy atom. The monoisotopic (exact) mass is 528 g/mol. The van der Waals surface area contributed by atoms with Gasteiger partial charge in [-0.25, -0.2) is 4.79 Å². The number of fused-ring (bicyclic) bond motifs is 3. The van der Waals surface area contributed by atoms with E-state index in [2.05, 4.69) is 19.2 Å². The number of hydrogen-bond acceptors (Lipinski definition) is 7. The average molecular weight is 529 g/mol. The molecular weight excluding hydrogens is 488 g/mol. The zero-order valence-corrected chi connectivity index (χ0v) is 23.2. The first-order chi connectivity index (χ1) is 18.2. The Bertz CT molecular complexity index is 1060. The average Bonchev–Trinajstić information content (AvgIpc) is 3.31. The maximum absolute atomic E-state index is 11.5. The second kappa shape index (κ2) is 15.6. The fourth-order valence-electron chi connectivity index (χ4n) is 3.59. The molecule has 2 aromatic carbocycles. The minimum absolute atomic E-state index is 0.0349. The number of benzene rings is 2. The normalized spacial score (nSPS) is 15.7. The summed E-state index contributed by atoms with van der Waals surface area (Å²) in [4.78, 5) is 34.7. The molecule has 2 aliphatic rings. The lowest BCUT2D eigenvalue weighted by Gasteiger charge is -2.29. The van der Waals surface area contributed by atoms with E-state index in [4.69, 9.17) is 18.9 Å². The minimum atomic E-state index is -0.270. The number of anilines is 1. The molecule has 38 heavy (non-hydrogen) atoms. The van der Waals surface area contributed by atoms with Crippen molar-refractivity contribution in [1.82, 2.24) is 5.32 Å². The molecule has 208 valence electrons. The number of hydrogen-bond donors (Lipinski definition) is 1. The molecule has 1 N–H and O–H groups in total. The van der Waals surface area contributed by atoms with Crippen LogP contribution in [0.1, 0.15) is 49.5 Å². The number of carbonyl (C=O) groups is 3. The van der Waals surface area contributed by atoms with Gasteiger partial charge in [0.15, 0.2) is 5.78 Å². The summed E-state index contributed by atoms with van der Waals surface area (Å²) in [5.74, 6) is 2.25. The molecule has 1 fully saturated rings. The van der Waals surface area contributed by atoms with E-state index >= 15 is 0 Å². The van der Waals surface area contributed by atoms with Crippen molar-refractivity contribution in [2.24, 2.45) is 5.92 Å². The summed E-state index contributed by atoms with van der Waals surface area (Å²) in [7, 11) is 3.20. The molecule has 2 aliphatic heterocycles. The third-order valence-electron chi connectivity index (χ3n) is 6.10. The first-order valence-corrected chi connectivity index (χ1v) is 12.8. The van der Waals surface area contributed by atoms with Crippen LogP contribution in [0.25, 0.3) is 0 Å². The molecule has 2 atom stereocenters. The van der Waals surface area contributed by atoms with Crippen LogP contribution >= 0.6 is 0 Å². The van der Waals surface area contributed by atoms with Gasteiger partial charge in [-0.3, -0.25) is 14.5 Å². The summed E-state index contributed by atoms with van der Waals surface area (Å²) >= 11 is 0. The molecule has 0 saturated carbocycles. The van der Waals surface area contributed by atoms with Crippen LogP contribution in [0.3, 0.4) is 0 Å². The Kier molecular flexibility index (Phi) is 12.6. The van der Waals surface area contributed by atoms with Crippen LogP contribution in [0.15, 0.2) is 42.5 Å². The van der Waals surface area contributed by atoms with Gasteiger partial charge in [0.05, 0.1) is 12.8 Å². The highest BCUT2D eigenvalue weighted by Crippen LogP contribution is 2.37. The van der Waals surface area contributed by atoms with Crippen molar-refractivity contribution in [3.8, 4) is 11.5 Å². The van der Waals surface area contributed by atoms with Gasteiger partial charge in [-0.05, 0) is 68.1 Å². The van der Waals surface area contributed by atoms with Crippen LogP contribution in [0, 0.1) is 12.8 Å². The first-order valence-electron chi connectivity index (χ1n) is 12.8. The van der Waals surface area contributed by atoms with Crippen LogP contribution in [-0.2, 0) is 14.3 Å². The minimum Gasteiger partial charge on any atom is -0.497 e. The Labute approximate surface area is 225 Å². The fraction of sp³-hybridized carbons (Fsp3) is 0.483. The molecule has 0 bridgehead atoms. The number of carbonyl (C=O) groups excluding carboxylic acids is 3. The van der Waals surface area contributed by atoms with Gasteiger partial charge in [-0.2, -0.15) is 0 Å². The van der Waals surface area contributed by atoms with E-state index in [0.29, 0.717) is 31.3 Å². The summed E-state index contributed by atoms with van der Waals surface area (Å²) in [6.45, 7) is 9.83. The second-order valence-electron chi connectivity index (χ2n) is 9.25. The number of nitrogens with one attached hydrogen (secondary N) is 1. The molecule has 9 heteroatoms. The van der Waals surface area contributed by atoms with E-state index in [-0.39, 0.29) is 30.4 Å². The maximum atomic E-state index is 11.5. The molecule has 4 rings (SSSR count). The highest BCUT2D eigenvalue weighted by atomic mass is 16.6. The number of nitrogens with zero attached hydrogens (tertiary/aromatic N) is 1. The lowest BCUT2D eigenvalue weighted by molar-refractivity contribution is -0.121. The summed E-state index contributed by atoms with van der Waals surface area (Å²) in [5, 5.41) is 2.54. The molecule has 0 aliphatic carbocycles. The molecule has 2 heterocycles. The summed E-state index contributed by atoms with van der Waals surface area (Å²) in [6.07, 6.45) is 1.97. The highest BCUT2D eigenvalue weighted by molar-refractivity contribution is 5.94. The Morgan fingerprint density at radius 2 is 1.82 bits per heavy atom. The van der Waals surface area contributed by atoms with E-state index in [1.54, 1.807) is 50.2 Å². The van der Waals surface area contributed by atoms with Crippen molar-refractivity contribution in [2.45, 2.75) is 46.6 Å². The van der Waals surface area contributed by atoms with Gasteiger partial charge < -0.3 is 24.3 Å². The largest absolute Gasteiger partial charge is 0.497 e. The molecule has 1 saturated heterocycles. The number of amides is 2. The number of cyclic esters (lactones) is 1. The van der Waals surface area contributed by atoms with E-state index in [9.17, 15) is 14.4 Å². The van der Waals surface area contributed by atoms with Gasteiger partial charge >= 0.3 is 6.09 Å². The van der Waals surface area contributed by atoms with Gasteiger partial charge in [-0.1, -0.05) is 26.3 Å². The van der Waals surface area contributed by atoms with Gasteiger partial charge in [-0.15, -0.1) is 0 Å². The topological polar surface area (TPSA) is 103 Å². The number of aryl methyl sites for hydroxylation is 1. The lowest BCUT2D eigenvalue weighted by atomic mass is 10.1. The van der Waals surface area contributed by atoms with Crippen molar-refractivity contribution in [3.63, 3.8) is 0 Å². The van der Waals surface area contributed by atoms with E-state index in [0.717, 1.165) is 29.2 Å². The first kappa shape index (κ1) is 30.6. The quantitative estimate of drug-likeness (QED) is 0.491. The lowest BCUT2D eigenvalue weighted by Crippen LogP contribution is -2.41. The predicted molar refractivity (Wildman–Crippen MR) is 146 cm³/mol. The van der Waals surface area contributed by atoms with Crippen molar-refractivity contribution >= 4 is 23.5 Å². The highest BCUT2D eigenvalue weighted by Gasteiger charge is 2.39. The van der Waals surface area contributed by atoms with E-state index in [1.807, 2.05) is 25.1 Å². The third kappa shape index (κ3) is 9.37. The van der Waals surface area contributed by atoms with Crippen molar-refractivity contribution in [3.05, 3.63) is 53.6 Å². The number of Topliss-reactive ketones (excluding diaryl/α,β-unsaturated/α-hetero) is 1. The zero-order chi connectivity index (χ0) is 28.1. The number of ketones is 1. The van der Waals surface area contributed by atoms with Gasteiger partial charge in [0.1, 0.15) is 37.4 Å². The molecule has 0 spiro atoms. The third-order valence-corrected chi connectivity index (χ3v) is 6.10. The van der Waals surface area contributed by atoms with Gasteiger partial charge in [0.2, 0.25) is 0 Å². The summed E-state index contributed by atoms with van der Waals surface area (Å²) in [6, 6.07) is 12.8. The second-order valence-corrected chi connectivity index (χ2v) is 9.25. The molecule has 2 aromatic rings. The van der Waals surface area contributed by atoms with Crippen LogP contribution in [0.5, 0.6) is 11.5 Å². The van der Waals surface area contributed by atoms with Crippen LogP contribution in [0.4, 0.5) is 10.5 Å². The SMILES string of the molecule is CCC(C)CCOCC(C)=O.CNC(=O)c1ccc(OC)cc1.Cc1ccc2c(c1)OCC1COC(=O)N21. The van der Waals surface area contributed by atoms with Crippen LogP contribution < -0.4 is 19.7 Å². The van der Waals surface area contributed by atoms with E-state index in [1.165, 1.54) is 6.42 Å². The Balaban J connectivity index is 0.000000204. The maximum Gasteiger partial charge on any atom is 0.414 e. The van der Waals surface area contributed by atoms with Crippen molar-refractivity contribution in [2.75, 3.05) is 45.5 Å². The smallest absolute Gasteiger partial charge is 0.414 e. The number of methoxy groups -OCH3 is 1. The predicted octanol–water partition coefficient (Wildman–Crippen LogP) is 4.80. The molecular formula is C29H40N2O7. The number of rotatable bonds is 8. The summed E-state index contributed by atoms with van der Waals surface area (Å²) in [5.41, 5.74) is 2.58. The standard InChI is InChI=1S/C11H11NO3.C9H11NO2.C9H18O2/c1-7-2-3-9-10(4-7)14-5-8-6-15-11(13)12(8)9;1-10-9(11)7-3-5-8(12-2)6-4-7;1-4-8(2)5-6-11-7-9(3)10/h2-4,8H,5-6H2,1H3;3-6H,1-2H3,(H,10,11);8H,4-7H2,1-3H3. The molecule has 2 unspecified atom stereocenters. The number of ether oxygens (including phenoxy) is 4. The van der Waals surface area contributed by atoms with Gasteiger partial charge in [0, 0.05) is 19.2 Å². The Hall–Kier alpha value is -3.59. The fourth-order valence-corrected chi connectivity index (χ4v) is 3.59. The molecule has 9 nitrogen and oxygen atoms in total. The van der Waals surface area contributed by atoms with Gasteiger partial charge in [0.25, 0.3) is 5.91 Å². The van der Waals surface area contributed by atoms with Crippen LogP contribution in [-0.4, -0.2) is 64.4 Å². The Morgan fingerprint density at radius 1 is 1.13 bits per heavy atom.